The number of hydrogen-bond acceptors (Lipinski definition) is 7. The van der Waals surface area contributed by atoms with Crippen LogP contribution in [0.3, 0.4) is 0 Å². The Morgan fingerprint density at radius 2 is 0.905 bits per heavy atom. The summed E-state index contributed by atoms with van der Waals surface area (Å²) in [5.74, 6) is -0.504. The van der Waals surface area contributed by atoms with Crippen molar-refractivity contribution in [3.63, 3.8) is 0 Å². The van der Waals surface area contributed by atoms with Crippen molar-refractivity contribution in [1.29, 1.82) is 0 Å². The monoisotopic (exact) mass is 589 g/mol. The van der Waals surface area contributed by atoms with Crippen molar-refractivity contribution in [3.05, 3.63) is 34.9 Å². The second-order valence-electron chi connectivity index (χ2n) is 11.4. The topological polar surface area (TPSA) is 90.9 Å². The third kappa shape index (κ3) is 21.3. The Morgan fingerprint density at radius 3 is 1.36 bits per heavy atom. The highest BCUT2D eigenvalue weighted by Gasteiger charge is 2.09. The molecule has 0 amide bonds. The summed E-state index contributed by atoms with van der Waals surface area (Å²) in [6, 6.07) is 5.96. The summed E-state index contributed by atoms with van der Waals surface area (Å²) in [6.45, 7) is 6.01. The summed E-state index contributed by atoms with van der Waals surface area (Å²) in [5.41, 5.74) is 2.84. The lowest BCUT2D eigenvalue weighted by Gasteiger charge is -2.11. The molecule has 1 rings (SSSR count). The lowest BCUT2D eigenvalue weighted by atomic mass is 10.1. The van der Waals surface area contributed by atoms with Crippen LogP contribution in [0.1, 0.15) is 153 Å². The summed E-state index contributed by atoms with van der Waals surface area (Å²) < 4.78 is 16.4. The van der Waals surface area contributed by atoms with Gasteiger partial charge in [-0.25, -0.2) is 0 Å². The number of benzene rings is 1. The standard InChI is InChI=1S/C35H59NO6/c1-4-6-8-10-11-15-19-23-40-33(37)20-17-13-14-18-22-35(39)42-29-32-25-30(27-36-3)24-31(26-32)28-41-34(38)21-16-12-9-7-5-2/h24-26,36H,4-23,27-29H2,1-3H3. The van der Waals surface area contributed by atoms with E-state index in [2.05, 4.69) is 19.2 Å². The van der Waals surface area contributed by atoms with Gasteiger partial charge in [-0.15, -0.1) is 0 Å². The third-order valence-electron chi connectivity index (χ3n) is 7.30. The molecule has 0 saturated carbocycles. The fourth-order valence-electron chi connectivity index (χ4n) is 4.87. The van der Waals surface area contributed by atoms with E-state index in [4.69, 9.17) is 14.2 Å². The van der Waals surface area contributed by atoms with Crippen molar-refractivity contribution in [3.8, 4) is 0 Å². The van der Waals surface area contributed by atoms with E-state index in [1.807, 2.05) is 25.2 Å². The minimum absolute atomic E-state index is 0.113. The molecular weight excluding hydrogens is 530 g/mol. The largest absolute Gasteiger partial charge is 0.466 e. The van der Waals surface area contributed by atoms with Crippen LogP contribution in [0.2, 0.25) is 0 Å². The van der Waals surface area contributed by atoms with Crippen LogP contribution in [-0.4, -0.2) is 31.6 Å². The van der Waals surface area contributed by atoms with Crippen molar-refractivity contribution in [2.45, 2.75) is 156 Å². The molecule has 1 aromatic rings. The summed E-state index contributed by atoms with van der Waals surface area (Å²) in [6.07, 6.45) is 18.5. The van der Waals surface area contributed by atoms with E-state index in [9.17, 15) is 14.4 Å². The maximum absolute atomic E-state index is 12.3. The van der Waals surface area contributed by atoms with E-state index in [1.165, 1.54) is 44.9 Å². The Balaban J connectivity index is 2.21. The zero-order valence-corrected chi connectivity index (χ0v) is 26.9. The van der Waals surface area contributed by atoms with E-state index in [0.717, 1.165) is 74.5 Å². The van der Waals surface area contributed by atoms with Gasteiger partial charge in [0.1, 0.15) is 13.2 Å². The number of esters is 3. The number of carbonyl (C=O) groups is 3. The van der Waals surface area contributed by atoms with Crippen LogP contribution >= 0.6 is 0 Å². The summed E-state index contributed by atoms with van der Waals surface area (Å²) in [7, 11) is 1.88. The molecule has 0 spiro atoms. The molecule has 7 heteroatoms. The van der Waals surface area contributed by atoms with E-state index in [0.29, 0.717) is 32.4 Å². The quantitative estimate of drug-likeness (QED) is 0.0625. The van der Waals surface area contributed by atoms with Gasteiger partial charge in [-0.2, -0.15) is 0 Å². The van der Waals surface area contributed by atoms with Crippen LogP contribution in [0, 0.1) is 0 Å². The van der Waals surface area contributed by atoms with Crippen LogP contribution in [0.5, 0.6) is 0 Å². The maximum atomic E-state index is 12.3. The molecule has 1 N–H and O–H groups in total. The first kappa shape index (κ1) is 37.6. The number of unbranched alkanes of at least 4 members (excludes halogenated alkanes) is 13. The number of ether oxygens (including phenoxy) is 3. The predicted molar refractivity (Wildman–Crippen MR) is 169 cm³/mol. The van der Waals surface area contributed by atoms with Crippen molar-refractivity contribution in [1.82, 2.24) is 5.32 Å². The van der Waals surface area contributed by atoms with E-state index in [1.54, 1.807) is 0 Å². The molecule has 0 radical (unpaired) electrons. The van der Waals surface area contributed by atoms with Crippen LogP contribution < -0.4 is 5.32 Å². The van der Waals surface area contributed by atoms with E-state index in [-0.39, 0.29) is 31.1 Å². The summed E-state index contributed by atoms with van der Waals surface area (Å²) in [4.78, 5) is 36.3. The van der Waals surface area contributed by atoms with Gasteiger partial charge in [-0.1, -0.05) is 103 Å². The van der Waals surface area contributed by atoms with Crippen molar-refractivity contribution in [2.75, 3.05) is 13.7 Å². The lowest BCUT2D eigenvalue weighted by Crippen LogP contribution is -2.09. The molecule has 0 aliphatic heterocycles. The summed E-state index contributed by atoms with van der Waals surface area (Å²) >= 11 is 0. The average Bonchev–Trinajstić information content (AvgIpc) is 2.98. The van der Waals surface area contributed by atoms with Gasteiger partial charge in [0.25, 0.3) is 0 Å². The molecule has 0 fully saturated rings. The molecule has 1 aromatic carbocycles. The summed E-state index contributed by atoms with van der Waals surface area (Å²) in [5, 5.41) is 3.14. The minimum atomic E-state index is -0.223. The second kappa shape index (κ2) is 26.2. The van der Waals surface area contributed by atoms with Gasteiger partial charge in [0.2, 0.25) is 0 Å². The minimum Gasteiger partial charge on any atom is -0.466 e. The Morgan fingerprint density at radius 1 is 0.524 bits per heavy atom. The SMILES string of the molecule is CCCCCCCCCOC(=O)CCCCCCC(=O)OCc1cc(CNC)cc(COC(=O)CCCCCCC)c1. The first-order valence-electron chi connectivity index (χ1n) is 16.7. The Hall–Kier alpha value is -2.41. The fourth-order valence-corrected chi connectivity index (χ4v) is 4.87. The van der Waals surface area contributed by atoms with Gasteiger partial charge in [0.15, 0.2) is 0 Å². The molecule has 240 valence electrons. The van der Waals surface area contributed by atoms with Crippen LogP contribution in [0.25, 0.3) is 0 Å². The number of nitrogens with one attached hydrogen (secondary N) is 1. The Bertz CT molecular complexity index is 856. The van der Waals surface area contributed by atoms with Gasteiger partial charge < -0.3 is 19.5 Å². The lowest BCUT2D eigenvalue weighted by molar-refractivity contribution is -0.145. The molecule has 0 aromatic heterocycles. The molecule has 0 aliphatic rings. The molecule has 0 bridgehead atoms. The van der Waals surface area contributed by atoms with Gasteiger partial charge in [-0.05, 0) is 55.5 Å². The van der Waals surface area contributed by atoms with Crippen molar-refractivity contribution in [2.24, 2.45) is 0 Å². The van der Waals surface area contributed by atoms with E-state index < -0.39 is 0 Å². The van der Waals surface area contributed by atoms with Gasteiger partial charge in [0, 0.05) is 25.8 Å². The second-order valence-corrected chi connectivity index (χ2v) is 11.4. The normalized spacial score (nSPS) is 10.9. The highest BCUT2D eigenvalue weighted by atomic mass is 16.5. The fraction of sp³-hybridized carbons (Fsp3) is 0.743. The molecule has 0 atom stereocenters. The zero-order valence-electron chi connectivity index (χ0n) is 26.9. The molecule has 42 heavy (non-hydrogen) atoms. The maximum Gasteiger partial charge on any atom is 0.306 e. The molecule has 0 saturated heterocycles. The average molecular weight is 590 g/mol. The number of hydrogen-bond donors (Lipinski definition) is 1. The Kier molecular flexibility index (Phi) is 23.5. The van der Waals surface area contributed by atoms with Crippen LogP contribution in [-0.2, 0) is 48.4 Å². The van der Waals surface area contributed by atoms with Crippen LogP contribution in [0.15, 0.2) is 18.2 Å². The first-order valence-corrected chi connectivity index (χ1v) is 16.7. The molecular formula is C35H59NO6. The predicted octanol–water partition coefficient (Wildman–Crippen LogP) is 8.49. The highest BCUT2D eigenvalue weighted by molar-refractivity contribution is 5.70. The molecule has 0 aliphatic carbocycles. The van der Waals surface area contributed by atoms with Crippen molar-refractivity contribution >= 4 is 17.9 Å². The first-order chi connectivity index (χ1) is 20.5. The van der Waals surface area contributed by atoms with Gasteiger partial charge >= 0.3 is 17.9 Å². The highest BCUT2D eigenvalue weighted by Crippen LogP contribution is 2.15. The molecule has 7 nitrogen and oxygen atoms in total. The Labute approximate surface area is 255 Å². The van der Waals surface area contributed by atoms with Crippen LogP contribution in [0.4, 0.5) is 0 Å². The zero-order chi connectivity index (χ0) is 30.7. The van der Waals surface area contributed by atoms with E-state index >= 15 is 0 Å². The van der Waals surface area contributed by atoms with Gasteiger partial charge in [0.05, 0.1) is 6.61 Å². The van der Waals surface area contributed by atoms with Gasteiger partial charge in [-0.3, -0.25) is 14.4 Å². The van der Waals surface area contributed by atoms with Crippen molar-refractivity contribution < 1.29 is 28.6 Å². The molecule has 0 unspecified atom stereocenters. The number of rotatable bonds is 27. The third-order valence-corrected chi connectivity index (χ3v) is 7.30. The molecule has 0 heterocycles. The number of carbonyl (C=O) groups excluding carboxylic acids is 3. The smallest absolute Gasteiger partial charge is 0.306 e.